The molecule has 3 rings (SSSR count). The summed E-state index contributed by atoms with van der Waals surface area (Å²) in [6, 6.07) is 11.6. The number of halogens is 3. The van der Waals surface area contributed by atoms with Gasteiger partial charge in [0.25, 0.3) is 0 Å². The lowest BCUT2D eigenvalue weighted by molar-refractivity contribution is -0.123. The largest absolute Gasteiger partial charge is 0.371 e. The van der Waals surface area contributed by atoms with E-state index >= 15 is 0 Å². The van der Waals surface area contributed by atoms with Gasteiger partial charge in [0.05, 0.1) is 0 Å². The van der Waals surface area contributed by atoms with Crippen molar-refractivity contribution in [3.8, 4) is 0 Å². The van der Waals surface area contributed by atoms with Gasteiger partial charge in [-0.3, -0.25) is 9.69 Å². The molecular weight excluding hydrogens is 343 g/mol. The molecule has 0 bridgehead atoms. The van der Waals surface area contributed by atoms with Gasteiger partial charge in [0.15, 0.2) is 17.5 Å². The normalized spacial score (nSPS) is 17.0. The third-order valence-corrected chi connectivity index (χ3v) is 4.80. The van der Waals surface area contributed by atoms with E-state index in [1.54, 1.807) is 0 Å². The van der Waals surface area contributed by atoms with Crippen molar-refractivity contribution in [1.82, 2.24) is 4.90 Å². The topological polar surface area (TPSA) is 58.4 Å². The first kappa shape index (κ1) is 18.3. The predicted molar refractivity (Wildman–Crippen MR) is 92.8 cm³/mol. The molecule has 0 unspecified atom stereocenters. The Kier molecular flexibility index (Phi) is 5.18. The van der Waals surface area contributed by atoms with Crippen LogP contribution < -0.4 is 11.1 Å². The Balaban J connectivity index is 1.71. The lowest BCUT2D eigenvalue weighted by atomic mass is 9.86. The molecule has 26 heavy (non-hydrogen) atoms. The van der Waals surface area contributed by atoms with Crippen LogP contribution in [-0.4, -0.2) is 29.4 Å². The number of carbonyl (C=O) groups excluding carboxylic acids is 1. The first-order valence-electron chi connectivity index (χ1n) is 8.38. The maximum absolute atomic E-state index is 13.4. The molecule has 1 saturated heterocycles. The molecule has 0 atom stereocenters. The highest BCUT2D eigenvalue weighted by Crippen LogP contribution is 2.29. The Morgan fingerprint density at radius 2 is 1.65 bits per heavy atom. The van der Waals surface area contributed by atoms with E-state index in [0.29, 0.717) is 25.9 Å². The molecule has 2 aromatic rings. The summed E-state index contributed by atoms with van der Waals surface area (Å²) >= 11 is 0. The van der Waals surface area contributed by atoms with Gasteiger partial charge in [0.2, 0.25) is 5.91 Å². The molecule has 3 N–H and O–H groups in total. The number of piperidine rings is 1. The van der Waals surface area contributed by atoms with Crippen molar-refractivity contribution in [3.63, 3.8) is 0 Å². The molecule has 1 aliphatic rings. The third kappa shape index (κ3) is 3.83. The van der Waals surface area contributed by atoms with E-state index in [9.17, 15) is 18.0 Å². The van der Waals surface area contributed by atoms with Crippen molar-refractivity contribution in [3.05, 3.63) is 65.5 Å². The maximum Gasteiger partial charge on any atom is 0.243 e. The molecule has 0 aromatic heterocycles. The molecule has 1 amide bonds. The fraction of sp³-hybridized carbons (Fsp3) is 0.316. The molecule has 138 valence electrons. The standard InChI is InChI=1S/C19H20F3N3O/c20-15-10-14(11-16(21)17(15)22)24-19(18(23)26)6-8-25(9-7-19)12-13-4-2-1-3-5-13/h1-5,10-11,24H,6-9,12H2,(H2,23,26). The average Bonchev–Trinajstić information content (AvgIpc) is 2.62. The molecule has 7 heteroatoms. The molecule has 1 fully saturated rings. The molecule has 4 nitrogen and oxygen atoms in total. The van der Waals surface area contributed by atoms with Gasteiger partial charge in [0.1, 0.15) is 5.54 Å². The second-order valence-electron chi connectivity index (χ2n) is 6.59. The highest BCUT2D eigenvalue weighted by molar-refractivity contribution is 5.88. The quantitative estimate of drug-likeness (QED) is 0.803. The minimum atomic E-state index is -1.54. The van der Waals surface area contributed by atoms with Gasteiger partial charge in [-0.2, -0.15) is 0 Å². The molecular formula is C19H20F3N3O. The van der Waals surface area contributed by atoms with E-state index in [0.717, 1.165) is 24.2 Å². The van der Waals surface area contributed by atoms with E-state index in [1.165, 1.54) is 0 Å². The number of amides is 1. The number of rotatable bonds is 5. The first-order chi connectivity index (χ1) is 12.4. The number of carbonyl (C=O) groups is 1. The fourth-order valence-electron chi connectivity index (χ4n) is 3.27. The van der Waals surface area contributed by atoms with Crippen LogP contribution in [0.5, 0.6) is 0 Å². The minimum absolute atomic E-state index is 0.00305. The Labute approximate surface area is 149 Å². The molecule has 0 aliphatic carbocycles. The van der Waals surface area contributed by atoms with Crippen molar-refractivity contribution in [1.29, 1.82) is 0 Å². The zero-order valence-corrected chi connectivity index (χ0v) is 14.1. The number of primary amides is 1. The van der Waals surface area contributed by atoms with E-state index in [2.05, 4.69) is 10.2 Å². The number of likely N-dealkylation sites (tertiary alicyclic amines) is 1. The third-order valence-electron chi connectivity index (χ3n) is 4.80. The number of nitrogens with two attached hydrogens (primary N) is 1. The number of nitrogens with one attached hydrogen (secondary N) is 1. The van der Waals surface area contributed by atoms with Crippen molar-refractivity contribution >= 4 is 11.6 Å². The molecule has 0 saturated carbocycles. The number of nitrogens with zero attached hydrogens (tertiary/aromatic N) is 1. The summed E-state index contributed by atoms with van der Waals surface area (Å²) in [5.74, 6) is -4.76. The second-order valence-corrected chi connectivity index (χ2v) is 6.59. The number of hydrogen-bond acceptors (Lipinski definition) is 3. The van der Waals surface area contributed by atoms with E-state index in [1.807, 2.05) is 30.3 Å². The number of benzene rings is 2. The van der Waals surface area contributed by atoms with Crippen LogP contribution in [0, 0.1) is 17.5 Å². The van der Waals surface area contributed by atoms with Gasteiger partial charge in [-0.05, 0) is 18.4 Å². The summed E-state index contributed by atoms with van der Waals surface area (Å²) in [6.45, 7) is 1.93. The summed E-state index contributed by atoms with van der Waals surface area (Å²) in [5, 5.41) is 2.84. The van der Waals surface area contributed by atoms with E-state index in [4.69, 9.17) is 5.73 Å². The number of anilines is 1. The van der Waals surface area contributed by atoms with Crippen molar-refractivity contribution in [2.75, 3.05) is 18.4 Å². The van der Waals surface area contributed by atoms with Crippen LogP contribution in [0.15, 0.2) is 42.5 Å². The molecule has 1 heterocycles. The number of hydrogen-bond donors (Lipinski definition) is 2. The van der Waals surface area contributed by atoms with Gasteiger partial charge >= 0.3 is 0 Å². The summed E-state index contributed by atoms with van der Waals surface area (Å²) in [5.41, 5.74) is 5.61. The van der Waals surface area contributed by atoms with Gasteiger partial charge < -0.3 is 11.1 Å². The van der Waals surface area contributed by atoms with Gasteiger partial charge in [-0.15, -0.1) is 0 Å². The summed E-state index contributed by atoms with van der Waals surface area (Å²) in [6.07, 6.45) is 0.769. The molecule has 1 aliphatic heterocycles. The molecule has 0 radical (unpaired) electrons. The Hall–Kier alpha value is -2.54. The van der Waals surface area contributed by atoms with Crippen LogP contribution in [0.25, 0.3) is 0 Å². The predicted octanol–water partition coefficient (Wildman–Crippen LogP) is 3.04. The highest BCUT2D eigenvalue weighted by Gasteiger charge is 2.40. The Morgan fingerprint density at radius 3 is 2.19 bits per heavy atom. The molecule has 0 spiro atoms. The smallest absolute Gasteiger partial charge is 0.243 e. The average molecular weight is 363 g/mol. The summed E-state index contributed by atoms with van der Waals surface area (Å²) in [7, 11) is 0. The summed E-state index contributed by atoms with van der Waals surface area (Å²) < 4.78 is 40.0. The van der Waals surface area contributed by atoms with Crippen LogP contribution in [0.3, 0.4) is 0 Å². The lowest BCUT2D eigenvalue weighted by Crippen LogP contribution is -2.57. The van der Waals surface area contributed by atoms with Crippen molar-refractivity contribution < 1.29 is 18.0 Å². The zero-order valence-electron chi connectivity index (χ0n) is 14.1. The van der Waals surface area contributed by atoms with Crippen LogP contribution in [-0.2, 0) is 11.3 Å². The van der Waals surface area contributed by atoms with Crippen LogP contribution in [0.1, 0.15) is 18.4 Å². The zero-order chi connectivity index (χ0) is 18.7. The minimum Gasteiger partial charge on any atom is -0.371 e. The SMILES string of the molecule is NC(=O)C1(Nc2cc(F)c(F)c(F)c2)CCN(Cc2ccccc2)CC1. The van der Waals surface area contributed by atoms with Gasteiger partial charge in [0, 0.05) is 37.5 Å². The monoisotopic (exact) mass is 363 g/mol. The van der Waals surface area contributed by atoms with E-state index < -0.39 is 28.9 Å². The Morgan fingerprint density at radius 1 is 1.08 bits per heavy atom. The molecule has 2 aromatic carbocycles. The first-order valence-corrected chi connectivity index (χ1v) is 8.38. The fourth-order valence-corrected chi connectivity index (χ4v) is 3.27. The van der Waals surface area contributed by atoms with Crippen LogP contribution >= 0.6 is 0 Å². The second kappa shape index (κ2) is 7.37. The van der Waals surface area contributed by atoms with Gasteiger partial charge in [-0.1, -0.05) is 30.3 Å². The van der Waals surface area contributed by atoms with E-state index in [-0.39, 0.29) is 5.69 Å². The van der Waals surface area contributed by atoms with Crippen molar-refractivity contribution in [2.24, 2.45) is 5.73 Å². The van der Waals surface area contributed by atoms with Crippen LogP contribution in [0.2, 0.25) is 0 Å². The lowest BCUT2D eigenvalue weighted by Gasteiger charge is -2.40. The summed E-state index contributed by atoms with van der Waals surface area (Å²) in [4.78, 5) is 14.2. The van der Waals surface area contributed by atoms with Crippen molar-refractivity contribution in [2.45, 2.75) is 24.9 Å². The maximum atomic E-state index is 13.4. The Bertz CT molecular complexity index is 767. The van der Waals surface area contributed by atoms with Gasteiger partial charge in [-0.25, -0.2) is 13.2 Å². The highest BCUT2D eigenvalue weighted by atomic mass is 19.2. The van der Waals surface area contributed by atoms with Crippen LogP contribution in [0.4, 0.5) is 18.9 Å².